The number of hydrogen-bond donors (Lipinski definition) is 1. The van der Waals surface area contributed by atoms with E-state index in [-0.39, 0.29) is 17.6 Å². The van der Waals surface area contributed by atoms with Gasteiger partial charge < -0.3 is 5.32 Å². The first-order valence-electron chi connectivity index (χ1n) is 9.87. The van der Waals surface area contributed by atoms with Crippen LogP contribution in [0.1, 0.15) is 35.1 Å². The summed E-state index contributed by atoms with van der Waals surface area (Å²) < 4.78 is 27.0. The van der Waals surface area contributed by atoms with Gasteiger partial charge in [-0.1, -0.05) is 47.0 Å². The SMILES string of the molecule is Cc1cc(C)c(NC(=O)C2CCN(S(=O)(=O)Cc3ccc(Cl)c(Cl)c3)CC2)c(C)c1. The minimum Gasteiger partial charge on any atom is -0.325 e. The molecule has 2 aromatic rings. The van der Waals surface area contributed by atoms with Crippen molar-refractivity contribution in [2.45, 2.75) is 39.4 Å². The monoisotopic (exact) mass is 468 g/mol. The summed E-state index contributed by atoms with van der Waals surface area (Å²) in [4.78, 5) is 12.8. The van der Waals surface area contributed by atoms with E-state index in [0.717, 1.165) is 22.4 Å². The van der Waals surface area contributed by atoms with Crippen LogP contribution >= 0.6 is 23.2 Å². The molecular weight excluding hydrogens is 443 g/mol. The van der Waals surface area contributed by atoms with Crippen molar-refractivity contribution >= 4 is 44.8 Å². The lowest BCUT2D eigenvalue weighted by atomic mass is 9.96. The fourth-order valence-electron chi connectivity index (χ4n) is 3.93. The van der Waals surface area contributed by atoms with Crippen molar-refractivity contribution in [1.29, 1.82) is 0 Å². The lowest BCUT2D eigenvalue weighted by molar-refractivity contribution is -0.120. The average Bonchev–Trinajstić information content (AvgIpc) is 2.67. The van der Waals surface area contributed by atoms with Crippen molar-refractivity contribution in [2.75, 3.05) is 18.4 Å². The van der Waals surface area contributed by atoms with Crippen molar-refractivity contribution in [3.63, 3.8) is 0 Å². The van der Waals surface area contributed by atoms with Gasteiger partial charge in [-0.2, -0.15) is 0 Å². The lowest BCUT2D eigenvalue weighted by Gasteiger charge is -2.31. The molecule has 0 unspecified atom stereocenters. The number of benzene rings is 2. The maximum Gasteiger partial charge on any atom is 0.227 e. The van der Waals surface area contributed by atoms with Crippen LogP contribution in [0.4, 0.5) is 5.69 Å². The van der Waals surface area contributed by atoms with Gasteiger partial charge in [0.1, 0.15) is 0 Å². The molecule has 8 heteroatoms. The van der Waals surface area contributed by atoms with Crippen molar-refractivity contribution in [3.8, 4) is 0 Å². The van der Waals surface area contributed by atoms with Crippen molar-refractivity contribution in [3.05, 3.63) is 62.6 Å². The highest BCUT2D eigenvalue weighted by Crippen LogP contribution is 2.28. The molecule has 1 saturated heterocycles. The molecule has 1 N–H and O–H groups in total. The van der Waals surface area contributed by atoms with Gasteiger partial charge in [0.05, 0.1) is 15.8 Å². The molecule has 30 heavy (non-hydrogen) atoms. The number of halogens is 2. The molecule has 0 aromatic heterocycles. The number of hydrogen-bond acceptors (Lipinski definition) is 3. The molecular formula is C22H26Cl2N2O3S. The minimum atomic E-state index is -3.49. The third-order valence-corrected chi connectivity index (χ3v) is 8.07. The van der Waals surface area contributed by atoms with E-state index in [1.807, 2.05) is 32.9 Å². The summed E-state index contributed by atoms with van der Waals surface area (Å²) in [5.74, 6) is -0.393. The molecule has 0 atom stereocenters. The summed E-state index contributed by atoms with van der Waals surface area (Å²) in [6.45, 7) is 6.64. The second-order valence-corrected chi connectivity index (χ2v) is 10.7. The molecule has 3 rings (SSSR count). The number of anilines is 1. The minimum absolute atomic E-state index is 0.0495. The first kappa shape index (κ1) is 23.1. The molecule has 5 nitrogen and oxygen atoms in total. The predicted molar refractivity (Wildman–Crippen MR) is 123 cm³/mol. The summed E-state index contributed by atoms with van der Waals surface area (Å²) in [5, 5.41) is 3.77. The van der Waals surface area contributed by atoms with Gasteiger partial charge in [0.2, 0.25) is 15.9 Å². The summed E-state index contributed by atoms with van der Waals surface area (Å²) in [5.41, 5.74) is 4.66. The Morgan fingerprint density at radius 1 is 1.03 bits per heavy atom. The number of piperidine rings is 1. The molecule has 1 amide bonds. The van der Waals surface area contributed by atoms with Crippen LogP contribution < -0.4 is 5.32 Å². The Bertz CT molecular complexity index is 1040. The van der Waals surface area contributed by atoms with Gasteiger partial charge in [-0.25, -0.2) is 12.7 Å². The van der Waals surface area contributed by atoms with Crippen molar-refractivity contribution in [1.82, 2.24) is 4.31 Å². The number of nitrogens with zero attached hydrogens (tertiary/aromatic N) is 1. The standard InChI is InChI=1S/C22H26Cl2N2O3S/c1-14-10-15(2)21(16(3)11-14)25-22(27)18-6-8-26(9-7-18)30(28,29)13-17-4-5-19(23)20(24)12-17/h4-5,10-12,18H,6-9,13H2,1-3H3,(H,25,27). The summed E-state index contributed by atoms with van der Waals surface area (Å²) in [6, 6.07) is 8.92. The highest BCUT2D eigenvalue weighted by molar-refractivity contribution is 7.88. The first-order valence-corrected chi connectivity index (χ1v) is 12.2. The Kier molecular flexibility index (Phi) is 7.13. The van der Waals surface area contributed by atoms with Crippen molar-refractivity contribution in [2.24, 2.45) is 5.92 Å². The zero-order valence-electron chi connectivity index (χ0n) is 17.3. The maximum absolute atomic E-state index is 12.8. The third-order valence-electron chi connectivity index (χ3n) is 5.48. The highest BCUT2D eigenvalue weighted by Gasteiger charge is 2.31. The van der Waals surface area contributed by atoms with Crippen LogP contribution in [0, 0.1) is 26.7 Å². The van der Waals surface area contributed by atoms with Gasteiger partial charge in [0.25, 0.3) is 0 Å². The first-order chi connectivity index (χ1) is 14.1. The fraction of sp³-hybridized carbons (Fsp3) is 0.409. The number of aryl methyl sites for hydroxylation is 3. The highest BCUT2D eigenvalue weighted by atomic mass is 35.5. The van der Waals surface area contributed by atoms with Gasteiger partial charge >= 0.3 is 0 Å². The number of nitrogens with one attached hydrogen (secondary N) is 1. The molecule has 0 bridgehead atoms. The van der Waals surface area contributed by atoms with Crippen LogP contribution in [0.15, 0.2) is 30.3 Å². The molecule has 0 saturated carbocycles. The second-order valence-electron chi connectivity index (χ2n) is 7.94. The van der Waals surface area contributed by atoms with Gasteiger partial charge in [-0.3, -0.25) is 4.79 Å². The fourth-order valence-corrected chi connectivity index (χ4v) is 5.80. The van der Waals surface area contributed by atoms with Crippen LogP contribution in [0.3, 0.4) is 0 Å². The summed E-state index contributed by atoms with van der Waals surface area (Å²) in [6.07, 6.45) is 0.993. The third kappa shape index (κ3) is 5.35. The Hall–Kier alpha value is -1.60. The molecule has 1 aliphatic rings. The number of carbonyl (C=O) groups excluding carboxylic acids is 1. The molecule has 0 radical (unpaired) electrons. The van der Waals surface area contributed by atoms with Gasteiger partial charge in [0, 0.05) is 24.7 Å². The number of carbonyl (C=O) groups is 1. The Balaban J connectivity index is 1.61. The second kappa shape index (κ2) is 9.27. The van der Waals surface area contributed by atoms with Crippen LogP contribution in [-0.2, 0) is 20.6 Å². The van der Waals surface area contributed by atoms with Crippen LogP contribution in [0.25, 0.3) is 0 Å². The molecule has 0 spiro atoms. The van der Waals surface area contributed by atoms with Gasteiger partial charge in [0.15, 0.2) is 0 Å². The molecule has 1 aliphatic heterocycles. The zero-order valence-corrected chi connectivity index (χ0v) is 19.7. The van der Waals surface area contributed by atoms with E-state index in [1.165, 1.54) is 4.31 Å². The van der Waals surface area contributed by atoms with E-state index >= 15 is 0 Å². The van der Waals surface area contributed by atoms with Crippen LogP contribution in [0.2, 0.25) is 10.0 Å². The Morgan fingerprint density at radius 3 is 2.20 bits per heavy atom. The summed E-state index contributed by atoms with van der Waals surface area (Å²) >= 11 is 11.9. The van der Waals surface area contributed by atoms with E-state index in [9.17, 15) is 13.2 Å². The predicted octanol–water partition coefficient (Wildman–Crippen LogP) is 5.10. The van der Waals surface area contributed by atoms with E-state index in [0.29, 0.717) is 41.5 Å². The van der Waals surface area contributed by atoms with Crippen molar-refractivity contribution < 1.29 is 13.2 Å². The van der Waals surface area contributed by atoms with Gasteiger partial charge in [-0.15, -0.1) is 0 Å². The van der Waals surface area contributed by atoms with E-state index in [1.54, 1.807) is 18.2 Å². The van der Waals surface area contributed by atoms with Crippen LogP contribution in [0.5, 0.6) is 0 Å². The Labute approximate surface area is 188 Å². The molecule has 1 heterocycles. The normalized spacial score (nSPS) is 15.9. The maximum atomic E-state index is 12.8. The number of sulfonamides is 1. The number of amides is 1. The Morgan fingerprint density at radius 2 is 1.63 bits per heavy atom. The topological polar surface area (TPSA) is 66.5 Å². The van der Waals surface area contributed by atoms with E-state index in [2.05, 4.69) is 5.32 Å². The number of rotatable bonds is 5. The largest absolute Gasteiger partial charge is 0.325 e. The smallest absolute Gasteiger partial charge is 0.227 e. The van der Waals surface area contributed by atoms with Crippen LogP contribution in [-0.4, -0.2) is 31.7 Å². The average molecular weight is 469 g/mol. The van der Waals surface area contributed by atoms with E-state index in [4.69, 9.17) is 23.2 Å². The molecule has 1 fully saturated rings. The lowest BCUT2D eigenvalue weighted by Crippen LogP contribution is -2.42. The quantitative estimate of drug-likeness (QED) is 0.663. The van der Waals surface area contributed by atoms with Gasteiger partial charge in [-0.05, 0) is 62.4 Å². The molecule has 162 valence electrons. The zero-order chi connectivity index (χ0) is 22.1. The summed E-state index contributed by atoms with van der Waals surface area (Å²) in [7, 11) is -3.49. The van der Waals surface area contributed by atoms with E-state index < -0.39 is 10.0 Å². The molecule has 0 aliphatic carbocycles. The molecule has 2 aromatic carbocycles.